The Morgan fingerprint density at radius 3 is 2.67 bits per heavy atom. The van der Waals surface area contributed by atoms with Crippen molar-refractivity contribution in [3.63, 3.8) is 0 Å². The predicted octanol–water partition coefficient (Wildman–Crippen LogP) is 1.63. The van der Waals surface area contributed by atoms with Gasteiger partial charge in [-0.2, -0.15) is 13.2 Å². The van der Waals surface area contributed by atoms with E-state index in [9.17, 15) is 13.2 Å². The van der Waals surface area contributed by atoms with Crippen molar-refractivity contribution in [2.45, 2.75) is 26.1 Å². The minimum absolute atomic E-state index is 0.0397. The summed E-state index contributed by atoms with van der Waals surface area (Å²) in [5, 5.41) is 2.96. The molecule has 0 saturated heterocycles. The van der Waals surface area contributed by atoms with Gasteiger partial charge in [0.15, 0.2) is 0 Å². The fourth-order valence-electron chi connectivity index (χ4n) is 1.43. The van der Waals surface area contributed by atoms with Crippen molar-refractivity contribution in [1.82, 2.24) is 15.3 Å². The second-order valence-electron chi connectivity index (χ2n) is 3.86. The summed E-state index contributed by atoms with van der Waals surface area (Å²) < 4.78 is 40.1. The minimum atomic E-state index is -4.29. The standard InChI is InChI=1S/C11H16F3N3O/c1-8-5-9(6-15-2)17-10(16-8)3-4-18-7-11(12,13)14/h5,15H,3-4,6-7H2,1-2H3. The zero-order valence-electron chi connectivity index (χ0n) is 10.3. The average molecular weight is 263 g/mol. The smallest absolute Gasteiger partial charge is 0.372 e. The Morgan fingerprint density at radius 2 is 2.06 bits per heavy atom. The third kappa shape index (κ3) is 5.92. The fourth-order valence-corrected chi connectivity index (χ4v) is 1.43. The zero-order valence-corrected chi connectivity index (χ0v) is 10.3. The molecule has 1 heterocycles. The van der Waals surface area contributed by atoms with E-state index in [2.05, 4.69) is 20.0 Å². The van der Waals surface area contributed by atoms with Gasteiger partial charge in [0.1, 0.15) is 12.4 Å². The monoisotopic (exact) mass is 263 g/mol. The summed E-state index contributed by atoms with van der Waals surface area (Å²) in [6, 6.07) is 1.83. The molecule has 0 radical (unpaired) electrons. The van der Waals surface area contributed by atoms with Gasteiger partial charge >= 0.3 is 6.18 Å². The van der Waals surface area contributed by atoms with E-state index in [-0.39, 0.29) is 13.0 Å². The van der Waals surface area contributed by atoms with E-state index in [0.29, 0.717) is 12.4 Å². The second kappa shape index (κ2) is 6.65. The highest BCUT2D eigenvalue weighted by Gasteiger charge is 2.27. The molecular formula is C11H16F3N3O. The Kier molecular flexibility index (Phi) is 5.49. The lowest BCUT2D eigenvalue weighted by atomic mass is 10.3. The molecule has 0 amide bonds. The number of alkyl halides is 3. The molecule has 102 valence electrons. The van der Waals surface area contributed by atoms with Gasteiger partial charge in [0.05, 0.1) is 12.3 Å². The first-order valence-corrected chi connectivity index (χ1v) is 5.53. The molecule has 0 aliphatic heterocycles. The quantitative estimate of drug-likeness (QED) is 0.792. The van der Waals surface area contributed by atoms with Crippen LogP contribution in [0, 0.1) is 6.92 Å². The van der Waals surface area contributed by atoms with Crippen molar-refractivity contribution < 1.29 is 17.9 Å². The van der Waals surface area contributed by atoms with Crippen molar-refractivity contribution in [3.05, 3.63) is 23.3 Å². The number of rotatable bonds is 6. The molecule has 4 nitrogen and oxygen atoms in total. The molecular weight excluding hydrogens is 247 g/mol. The molecule has 0 fully saturated rings. The molecule has 18 heavy (non-hydrogen) atoms. The summed E-state index contributed by atoms with van der Waals surface area (Å²) in [5.41, 5.74) is 1.61. The van der Waals surface area contributed by atoms with E-state index in [1.165, 1.54) is 0 Å². The first-order valence-electron chi connectivity index (χ1n) is 5.53. The molecule has 1 rings (SSSR count). The lowest BCUT2D eigenvalue weighted by molar-refractivity contribution is -0.173. The fraction of sp³-hybridized carbons (Fsp3) is 0.636. The number of halogens is 3. The summed E-state index contributed by atoms with van der Waals surface area (Å²) in [6.45, 7) is 1.14. The highest BCUT2D eigenvalue weighted by atomic mass is 19.4. The number of nitrogens with zero attached hydrogens (tertiary/aromatic N) is 2. The van der Waals surface area contributed by atoms with Gasteiger partial charge in [-0.1, -0.05) is 0 Å². The molecule has 1 N–H and O–H groups in total. The Hall–Kier alpha value is -1.21. The van der Waals surface area contributed by atoms with Crippen LogP contribution in [-0.2, 0) is 17.7 Å². The van der Waals surface area contributed by atoms with Crippen LogP contribution < -0.4 is 5.32 Å². The number of aryl methyl sites for hydroxylation is 1. The van der Waals surface area contributed by atoms with Gasteiger partial charge in [0.2, 0.25) is 0 Å². The second-order valence-corrected chi connectivity index (χ2v) is 3.86. The van der Waals surface area contributed by atoms with Gasteiger partial charge in [-0.3, -0.25) is 0 Å². The summed E-state index contributed by atoms with van der Waals surface area (Å²) in [4.78, 5) is 8.37. The van der Waals surface area contributed by atoms with Crippen LogP contribution in [0.2, 0.25) is 0 Å². The Labute approximate surface area is 104 Å². The van der Waals surface area contributed by atoms with E-state index >= 15 is 0 Å². The molecule has 7 heteroatoms. The molecule has 0 spiro atoms. The lowest BCUT2D eigenvalue weighted by Crippen LogP contribution is -2.18. The van der Waals surface area contributed by atoms with Crippen LogP contribution in [0.5, 0.6) is 0 Å². The van der Waals surface area contributed by atoms with Gasteiger partial charge in [0.25, 0.3) is 0 Å². The van der Waals surface area contributed by atoms with Crippen LogP contribution in [0.3, 0.4) is 0 Å². The molecule has 0 aromatic carbocycles. The highest BCUT2D eigenvalue weighted by Crippen LogP contribution is 2.14. The highest BCUT2D eigenvalue weighted by molar-refractivity contribution is 5.10. The van der Waals surface area contributed by atoms with E-state index in [1.54, 1.807) is 7.05 Å². The maximum atomic E-state index is 11.8. The van der Waals surface area contributed by atoms with Gasteiger partial charge in [-0.15, -0.1) is 0 Å². The van der Waals surface area contributed by atoms with Crippen LogP contribution >= 0.6 is 0 Å². The van der Waals surface area contributed by atoms with Crippen molar-refractivity contribution in [1.29, 1.82) is 0 Å². The third-order valence-corrected chi connectivity index (χ3v) is 2.05. The van der Waals surface area contributed by atoms with Gasteiger partial charge in [-0.25, -0.2) is 9.97 Å². The minimum Gasteiger partial charge on any atom is -0.372 e. The largest absolute Gasteiger partial charge is 0.411 e. The van der Waals surface area contributed by atoms with E-state index in [4.69, 9.17) is 0 Å². The maximum absolute atomic E-state index is 11.8. The third-order valence-electron chi connectivity index (χ3n) is 2.05. The molecule has 0 saturated carbocycles. The summed E-state index contributed by atoms with van der Waals surface area (Å²) in [5.74, 6) is 0.502. The number of ether oxygens (including phenoxy) is 1. The van der Waals surface area contributed by atoms with Crippen molar-refractivity contribution in [2.24, 2.45) is 0 Å². The van der Waals surface area contributed by atoms with Crippen LogP contribution in [-0.4, -0.2) is 36.4 Å². The van der Waals surface area contributed by atoms with Crippen LogP contribution in [0.15, 0.2) is 6.07 Å². The first kappa shape index (κ1) is 14.8. The number of hydrogen-bond acceptors (Lipinski definition) is 4. The van der Waals surface area contributed by atoms with Crippen molar-refractivity contribution in [2.75, 3.05) is 20.3 Å². The normalized spacial score (nSPS) is 11.8. The summed E-state index contributed by atoms with van der Waals surface area (Å²) in [6.07, 6.45) is -4.01. The van der Waals surface area contributed by atoms with Crippen LogP contribution in [0.25, 0.3) is 0 Å². The van der Waals surface area contributed by atoms with Gasteiger partial charge in [0, 0.05) is 18.7 Å². The van der Waals surface area contributed by atoms with Crippen molar-refractivity contribution in [3.8, 4) is 0 Å². The van der Waals surface area contributed by atoms with Gasteiger partial charge in [-0.05, 0) is 20.0 Å². The van der Waals surface area contributed by atoms with Crippen LogP contribution in [0.1, 0.15) is 17.2 Å². The molecule has 0 bridgehead atoms. The predicted molar refractivity (Wildman–Crippen MR) is 60.1 cm³/mol. The zero-order chi connectivity index (χ0) is 13.6. The molecule has 0 unspecified atom stereocenters. The molecule has 1 aromatic heterocycles. The number of hydrogen-bond donors (Lipinski definition) is 1. The van der Waals surface area contributed by atoms with E-state index in [1.807, 2.05) is 13.0 Å². The molecule has 0 aliphatic carbocycles. The molecule has 1 aromatic rings. The molecule has 0 atom stereocenters. The topological polar surface area (TPSA) is 47.0 Å². The lowest BCUT2D eigenvalue weighted by Gasteiger charge is -2.08. The van der Waals surface area contributed by atoms with Gasteiger partial charge < -0.3 is 10.1 Å². The first-order chi connectivity index (χ1) is 8.40. The van der Waals surface area contributed by atoms with E-state index in [0.717, 1.165) is 11.4 Å². The number of aromatic nitrogens is 2. The Morgan fingerprint density at radius 1 is 1.33 bits per heavy atom. The Balaban J connectivity index is 2.46. The maximum Gasteiger partial charge on any atom is 0.411 e. The van der Waals surface area contributed by atoms with Crippen molar-refractivity contribution >= 4 is 0 Å². The SMILES string of the molecule is CNCc1cc(C)nc(CCOCC(F)(F)F)n1. The Bertz CT molecular complexity index is 382. The average Bonchev–Trinajstić information content (AvgIpc) is 2.23. The summed E-state index contributed by atoms with van der Waals surface area (Å²) in [7, 11) is 1.80. The summed E-state index contributed by atoms with van der Waals surface area (Å²) >= 11 is 0. The van der Waals surface area contributed by atoms with E-state index < -0.39 is 12.8 Å². The van der Waals surface area contributed by atoms with Crippen LogP contribution in [0.4, 0.5) is 13.2 Å². The molecule has 0 aliphatic rings. The number of nitrogens with one attached hydrogen (secondary N) is 1.